The fourth-order valence-electron chi connectivity index (χ4n) is 3.05. The van der Waals surface area contributed by atoms with Crippen LogP contribution in [0.4, 0.5) is 5.69 Å². The van der Waals surface area contributed by atoms with Crippen molar-refractivity contribution in [3.63, 3.8) is 0 Å². The zero-order valence-corrected chi connectivity index (χ0v) is 21.5. The highest BCUT2D eigenvalue weighted by molar-refractivity contribution is 9.10. The van der Waals surface area contributed by atoms with E-state index >= 15 is 0 Å². The van der Waals surface area contributed by atoms with Crippen LogP contribution in [0.5, 0.6) is 5.75 Å². The average molecular weight is 565 g/mol. The summed E-state index contributed by atoms with van der Waals surface area (Å²) in [7, 11) is 0. The molecule has 1 aliphatic heterocycles. The molecular formula is C24H16BrCl2NO2S2. The fourth-order valence-corrected chi connectivity index (χ4v) is 5.33. The summed E-state index contributed by atoms with van der Waals surface area (Å²) in [4.78, 5) is 15.1. The largest absolute Gasteiger partial charge is 0.488 e. The Morgan fingerprint density at radius 1 is 1.09 bits per heavy atom. The third-order valence-electron chi connectivity index (χ3n) is 4.74. The minimum absolute atomic E-state index is 0.127. The van der Waals surface area contributed by atoms with Gasteiger partial charge in [-0.2, -0.15) is 0 Å². The van der Waals surface area contributed by atoms with Crippen LogP contribution in [0.3, 0.4) is 0 Å². The summed E-state index contributed by atoms with van der Waals surface area (Å²) >= 11 is 22.4. The van der Waals surface area contributed by atoms with E-state index in [1.807, 2.05) is 61.5 Å². The highest BCUT2D eigenvalue weighted by atomic mass is 79.9. The number of rotatable bonds is 5. The molecule has 32 heavy (non-hydrogen) atoms. The number of hydrogen-bond donors (Lipinski definition) is 0. The fraction of sp³-hybridized carbons (Fsp3) is 0.0833. The first-order chi connectivity index (χ1) is 15.3. The molecule has 0 spiro atoms. The van der Waals surface area contributed by atoms with E-state index in [4.69, 9.17) is 40.2 Å². The van der Waals surface area contributed by atoms with Gasteiger partial charge < -0.3 is 4.74 Å². The number of ether oxygens (including phenoxy) is 1. The van der Waals surface area contributed by atoms with Gasteiger partial charge >= 0.3 is 0 Å². The van der Waals surface area contributed by atoms with E-state index < -0.39 is 0 Å². The second kappa shape index (κ2) is 9.98. The number of amides is 1. The maximum Gasteiger partial charge on any atom is 0.270 e. The molecule has 0 unspecified atom stereocenters. The molecular weight excluding hydrogens is 549 g/mol. The molecule has 3 aromatic carbocycles. The number of anilines is 1. The Balaban J connectivity index is 1.49. The lowest BCUT2D eigenvalue weighted by Crippen LogP contribution is -2.27. The Kier molecular flexibility index (Phi) is 7.27. The molecule has 1 heterocycles. The first-order valence-electron chi connectivity index (χ1n) is 9.53. The van der Waals surface area contributed by atoms with Crippen LogP contribution in [0.25, 0.3) is 6.08 Å². The maximum absolute atomic E-state index is 13.0. The van der Waals surface area contributed by atoms with E-state index in [0.29, 0.717) is 31.6 Å². The molecule has 8 heteroatoms. The molecule has 0 atom stereocenters. The highest BCUT2D eigenvalue weighted by Gasteiger charge is 2.33. The van der Waals surface area contributed by atoms with E-state index in [2.05, 4.69) is 15.9 Å². The van der Waals surface area contributed by atoms with Gasteiger partial charge in [-0.3, -0.25) is 9.69 Å². The Morgan fingerprint density at radius 3 is 2.53 bits per heavy atom. The number of carbonyl (C=O) groups is 1. The lowest BCUT2D eigenvalue weighted by atomic mass is 10.2. The summed E-state index contributed by atoms with van der Waals surface area (Å²) in [6, 6.07) is 18.7. The zero-order chi connectivity index (χ0) is 22.8. The average Bonchev–Trinajstić information content (AvgIpc) is 3.02. The van der Waals surface area contributed by atoms with Crippen molar-refractivity contribution in [3.8, 4) is 5.75 Å². The molecule has 162 valence electrons. The molecule has 0 aliphatic carbocycles. The first kappa shape index (κ1) is 23.3. The normalized spacial score (nSPS) is 15.0. The van der Waals surface area contributed by atoms with Gasteiger partial charge in [-0.15, -0.1) is 0 Å². The van der Waals surface area contributed by atoms with Gasteiger partial charge in [-0.05, 0) is 70.9 Å². The molecule has 1 amide bonds. The van der Waals surface area contributed by atoms with Crippen molar-refractivity contribution in [1.82, 2.24) is 0 Å². The molecule has 3 aromatic rings. The second-order valence-electron chi connectivity index (χ2n) is 7.07. The summed E-state index contributed by atoms with van der Waals surface area (Å²) < 4.78 is 7.18. The number of halogens is 3. The molecule has 1 aliphatic rings. The third-order valence-corrected chi connectivity index (χ3v) is 7.25. The number of hydrogen-bond acceptors (Lipinski definition) is 4. The molecule has 0 radical (unpaired) electrons. The van der Waals surface area contributed by atoms with Gasteiger partial charge in [0.2, 0.25) is 0 Å². The first-order valence-corrected chi connectivity index (χ1v) is 12.3. The summed E-state index contributed by atoms with van der Waals surface area (Å²) in [5, 5.41) is 1.14. The third kappa shape index (κ3) is 5.21. The topological polar surface area (TPSA) is 29.5 Å². The lowest BCUT2D eigenvalue weighted by molar-refractivity contribution is -0.113. The smallest absolute Gasteiger partial charge is 0.270 e. The summed E-state index contributed by atoms with van der Waals surface area (Å²) in [5.41, 5.74) is 3.59. The van der Waals surface area contributed by atoms with Gasteiger partial charge in [0.05, 0.1) is 15.1 Å². The van der Waals surface area contributed by atoms with E-state index in [-0.39, 0.29) is 5.91 Å². The highest BCUT2D eigenvalue weighted by Crippen LogP contribution is 2.37. The van der Waals surface area contributed by atoms with Gasteiger partial charge in [-0.25, -0.2) is 0 Å². The minimum Gasteiger partial charge on any atom is -0.488 e. The Labute approximate surface area is 214 Å². The van der Waals surface area contributed by atoms with Crippen LogP contribution in [-0.2, 0) is 11.4 Å². The van der Waals surface area contributed by atoms with Crippen molar-refractivity contribution < 1.29 is 9.53 Å². The predicted octanol–water partition coefficient (Wildman–Crippen LogP) is 8.05. The van der Waals surface area contributed by atoms with Crippen LogP contribution in [0, 0.1) is 6.92 Å². The SMILES string of the molecule is Cc1ccc(N2C(=O)/C(=C/c3ccc(OCc4ccc(Cl)cc4Cl)c(Br)c3)SC2=S)cc1. The van der Waals surface area contributed by atoms with Crippen molar-refractivity contribution in [3.05, 3.63) is 96.8 Å². The number of carbonyl (C=O) groups excluding carboxylic acids is 1. The van der Waals surface area contributed by atoms with Crippen LogP contribution in [0.15, 0.2) is 70.0 Å². The van der Waals surface area contributed by atoms with E-state index in [1.165, 1.54) is 11.8 Å². The lowest BCUT2D eigenvalue weighted by Gasteiger charge is -2.14. The number of thiocarbonyl (C=S) groups is 1. The van der Waals surface area contributed by atoms with Crippen LogP contribution in [0.2, 0.25) is 10.0 Å². The summed E-state index contributed by atoms with van der Waals surface area (Å²) in [5.74, 6) is 0.540. The van der Waals surface area contributed by atoms with Crippen LogP contribution in [-0.4, -0.2) is 10.2 Å². The molecule has 1 fully saturated rings. The number of thioether (sulfide) groups is 1. The van der Waals surface area contributed by atoms with Crippen LogP contribution in [0.1, 0.15) is 16.7 Å². The van der Waals surface area contributed by atoms with Crippen LogP contribution < -0.4 is 9.64 Å². The van der Waals surface area contributed by atoms with Gasteiger partial charge in [0.25, 0.3) is 5.91 Å². The number of aryl methyl sites for hydroxylation is 1. The van der Waals surface area contributed by atoms with Gasteiger partial charge in [0.15, 0.2) is 4.32 Å². The van der Waals surface area contributed by atoms with E-state index in [1.54, 1.807) is 17.0 Å². The van der Waals surface area contributed by atoms with Crippen molar-refractivity contribution in [1.29, 1.82) is 0 Å². The molecule has 0 N–H and O–H groups in total. The predicted molar refractivity (Wildman–Crippen MR) is 142 cm³/mol. The number of benzene rings is 3. The van der Waals surface area contributed by atoms with E-state index in [9.17, 15) is 4.79 Å². The monoisotopic (exact) mass is 563 g/mol. The van der Waals surface area contributed by atoms with Gasteiger partial charge in [0.1, 0.15) is 12.4 Å². The molecule has 3 nitrogen and oxygen atoms in total. The molecule has 4 rings (SSSR count). The van der Waals surface area contributed by atoms with Gasteiger partial charge in [0, 0.05) is 15.6 Å². The minimum atomic E-state index is -0.127. The number of nitrogens with zero attached hydrogens (tertiary/aromatic N) is 1. The van der Waals surface area contributed by atoms with Crippen LogP contribution >= 0.6 is 63.1 Å². The zero-order valence-electron chi connectivity index (χ0n) is 16.8. The maximum atomic E-state index is 13.0. The molecule has 1 saturated heterocycles. The summed E-state index contributed by atoms with van der Waals surface area (Å²) in [6.45, 7) is 2.31. The standard InChI is InChI=1S/C24H16BrCl2NO2S2/c1-14-2-7-18(8-3-14)28-23(29)22(32-24(28)31)11-15-4-9-21(19(25)10-15)30-13-16-5-6-17(26)12-20(16)27/h2-12H,13H2,1H3/b22-11-. The molecule has 0 bridgehead atoms. The quantitative estimate of drug-likeness (QED) is 0.231. The van der Waals surface area contributed by atoms with Crippen molar-refractivity contribution in [2.24, 2.45) is 0 Å². The van der Waals surface area contributed by atoms with Gasteiger partial charge in [-0.1, -0.05) is 77.0 Å². The molecule has 0 saturated carbocycles. The van der Waals surface area contributed by atoms with Crippen molar-refractivity contribution in [2.45, 2.75) is 13.5 Å². The Bertz CT molecular complexity index is 1250. The Morgan fingerprint density at radius 2 is 1.84 bits per heavy atom. The molecule has 0 aromatic heterocycles. The second-order valence-corrected chi connectivity index (χ2v) is 10.4. The van der Waals surface area contributed by atoms with Crippen molar-refractivity contribution in [2.75, 3.05) is 4.90 Å². The Hall–Kier alpha value is -1.83. The summed E-state index contributed by atoms with van der Waals surface area (Å²) in [6.07, 6.45) is 1.83. The van der Waals surface area contributed by atoms with E-state index in [0.717, 1.165) is 26.9 Å². The van der Waals surface area contributed by atoms with Crippen molar-refractivity contribution >= 4 is 85.1 Å².